The Balaban J connectivity index is 1.51. The molecule has 3 fully saturated rings. The van der Waals surface area contributed by atoms with Crippen molar-refractivity contribution in [2.45, 2.75) is 69.9 Å². The number of likely N-dealkylation sites (tertiary alicyclic amines) is 1. The summed E-state index contributed by atoms with van der Waals surface area (Å²) in [5.41, 5.74) is -0.501. The van der Waals surface area contributed by atoms with Crippen molar-refractivity contribution in [3.05, 3.63) is 36.9 Å². The summed E-state index contributed by atoms with van der Waals surface area (Å²) in [7, 11) is 0. The van der Waals surface area contributed by atoms with Crippen molar-refractivity contribution in [3.8, 4) is 0 Å². The van der Waals surface area contributed by atoms with Gasteiger partial charge in [0, 0.05) is 19.7 Å². The Morgan fingerprint density at radius 1 is 1.28 bits per heavy atom. The van der Waals surface area contributed by atoms with Gasteiger partial charge < -0.3 is 24.4 Å². The Labute approximate surface area is 227 Å². The Bertz CT molecular complexity index is 1260. The van der Waals surface area contributed by atoms with Crippen molar-refractivity contribution in [1.29, 1.82) is 0 Å². The number of benzene rings is 1. The van der Waals surface area contributed by atoms with Crippen molar-refractivity contribution in [1.82, 2.24) is 24.8 Å². The molecule has 3 aliphatic rings. The molecule has 2 bridgehead atoms. The van der Waals surface area contributed by atoms with E-state index >= 15 is 0 Å². The number of carbonyl (C=O) groups is 3. The highest BCUT2D eigenvalue weighted by atomic mass is 16.6. The Morgan fingerprint density at radius 3 is 2.82 bits per heavy atom. The Kier molecular flexibility index (Phi) is 7.47. The van der Waals surface area contributed by atoms with Gasteiger partial charge in [0.2, 0.25) is 11.8 Å². The number of aromatic nitrogens is 3. The highest BCUT2D eigenvalue weighted by molar-refractivity contribution is 5.98. The van der Waals surface area contributed by atoms with Gasteiger partial charge in [-0.1, -0.05) is 23.4 Å². The molecular formula is C28H37N5O6. The standard InChI is InChI=1S/C28H37N5O6/c1-4-15-31(18-33-20-12-8-7-11-19(20)29-30-33)25(36)23-28-14-13-27(3,39-28)22(26(37)38-5-2)21(28)24(35)32(23)16-9-6-10-17-34/h4,7-8,11-12,21-23,34H,1,5-6,9-10,13-18H2,2-3H3/t21-,22-,23?,27+,28?/m0/s1. The lowest BCUT2D eigenvalue weighted by atomic mass is 9.66. The molecule has 1 spiro atoms. The summed E-state index contributed by atoms with van der Waals surface area (Å²) < 4.78 is 13.7. The molecule has 0 aliphatic carbocycles. The van der Waals surface area contributed by atoms with Gasteiger partial charge in [-0.25, -0.2) is 4.68 Å². The highest BCUT2D eigenvalue weighted by Crippen LogP contribution is 2.63. The van der Waals surface area contributed by atoms with Crippen LogP contribution >= 0.6 is 0 Å². The first-order chi connectivity index (χ1) is 18.8. The van der Waals surface area contributed by atoms with Crippen molar-refractivity contribution in [3.63, 3.8) is 0 Å². The monoisotopic (exact) mass is 539 g/mol. The maximum absolute atomic E-state index is 14.5. The zero-order chi connectivity index (χ0) is 27.8. The van der Waals surface area contributed by atoms with Crippen LogP contribution in [0.2, 0.25) is 0 Å². The molecule has 4 heterocycles. The lowest BCUT2D eigenvalue weighted by Crippen LogP contribution is -2.56. The number of esters is 1. The summed E-state index contributed by atoms with van der Waals surface area (Å²) in [4.78, 5) is 44.9. The van der Waals surface area contributed by atoms with Crippen LogP contribution in [0.5, 0.6) is 0 Å². The largest absolute Gasteiger partial charge is 0.466 e. The molecule has 11 nitrogen and oxygen atoms in total. The molecule has 1 aromatic carbocycles. The normalized spacial score (nSPS) is 29.2. The minimum absolute atomic E-state index is 0.0637. The minimum atomic E-state index is -1.12. The molecule has 0 saturated carbocycles. The fraction of sp³-hybridized carbons (Fsp3) is 0.607. The average Bonchev–Trinajstić information content (AvgIpc) is 3.62. The summed E-state index contributed by atoms with van der Waals surface area (Å²) >= 11 is 0. The first-order valence-electron chi connectivity index (χ1n) is 13.8. The van der Waals surface area contributed by atoms with Gasteiger partial charge in [0.1, 0.15) is 29.7 Å². The van der Waals surface area contributed by atoms with Gasteiger partial charge in [-0.05, 0) is 58.1 Å². The van der Waals surface area contributed by atoms with E-state index < -0.39 is 35.0 Å². The first kappa shape index (κ1) is 27.3. The molecule has 5 atom stereocenters. The third-order valence-corrected chi connectivity index (χ3v) is 8.49. The van der Waals surface area contributed by atoms with E-state index in [4.69, 9.17) is 9.47 Å². The van der Waals surface area contributed by atoms with Crippen molar-refractivity contribution < 1.29 is 29.0 Å². The molecule has 2 aromatic rings. The quantitative estimate of drug-likeness (QED) is 0.246. The zero-order valence-electron chi connectivity index (χ0n) is 22.6. The van der Waals surface area contributed by atoms with Crippen LogP contribution in [0.1, 0.15) is 46.0 Å². The maximum Gasteiger partial charge on any atom is 0.312 e. The lowest BCUT2D eigenvalue weighted by molar-refractivity contribution is -0.160. The predicted octanol–water partition coefficient (Wildman–Crippen LogP) is 1.89. The molecule has 11 heteroatoms. The number of hydrogen-bond acceptors (Lipinski definition) is 8. The van der Waals surface area contributed by atoms with E-state index in [9.17, 15) is 19.5 Å². The summed E-state index contributed by atoms with van der Waals surface area (Å²) in [6.45, 7) is 8.38. The van der Waals surface area contributed by atoms with E-state index in [0.717, 1.165) is 5.52 Å². The smallest absolute Gasteiger partial charge is 0.312 e. The number of fused-ring (bicyclic) bond motifs is 2. The van der Waals surface area contributed by atoms with Crippen LogP contribution in [0.4, 0.5) is 0 Å². The Hall–Kier alpha value is -3.31. The van der Waals surface area contributed by atoms with E-state index in [1.165, 1.54) is 0 Å². The van der Waals surface area contributed by atoms with Crippen LogP contribution < -0.4 is 0 Å². The number of ether oxygens (including phenoxy) is 2. The number of para-hydroxylation sites is 1. The van der Waals surface area contributed by atoms with E-state index in [1.807, 2.05) is 31.2 Å². The fourth-order valence-corrected chi connectivity index (χ4v) is 6.84. The first-order valence-corrected chi connectivity index (χ1v) is 13.8. The number of unbranched alkanes of at least 4 members (excludes halogenated alkanes) is 2. The van der Waals surface area contributed by atoms with Gasteiger partial charge in [0.15, 0.2) is 0 Å². The summed E-state index contributed by atoms with van der Waals surface area (Å²) in [5, 5.41) is 17.7. The second-order valence-corrected chi connectivity index (χ2v) is 10.9. The second kappa shape index (κ2) is 10.7. The van der Waals surface area contributed by atoms with E-state index in [1.54, 1.807) is 27.5 Å². The Morgan fingerprint density at radius 2 is 2.08 bits per heavy atom. The van der Waals surface area contributed by atoms with E-state index in [-0.39, 0.29) is 38.2 Å². The van der Waals surface area contributed by atoms with Crippen molar-refractivity contribution in [2.24, 2.45) is 11.8 Å². The summed E-state index contributed by atoms with van der Waals surface area (Å²) in [5.74, 6) is -2.54. The summed E-state index contributed by atoms with van der Waals surface area (Å²) in [6, 6.07) is 6.60. The molecule has 2 amide bonds. The predicted molar refractivity (Wildman–Crippen MR) is 141 cm³/mol. The summed E-state index contributed by atoms with van der Waals surface area (Å²) in [6.07, 6.45) is 4.63. The van der Waals surface area contributed by atoms with Crippen molar-refractivity contribution in [2.75, 3.05) is 26.3 Å². The number of aliphatic hydroxyl groups excluding tert-OH is 1. The van der Waals surface area contributed by atoms with Crippen molar-refractivity contribution >= 4 is 28.8 Å². The van der Waals surface area contributed by atoms with Crippen LogP contribution in [0.3, 0.4) is 0 Å². The van der Waals surface area contributed by atoms with Crippen LogP contribution in [0, 0.1) is 11.8 Å². The molecule has 3 saturated heterocycles. The number of aliphatic hydroxyl groups is 1. The second-order valence-electron chi connectivity index (χ2n) is 10.9. The van der Waals surface area contributed by atoms with Gasteiger partial charge in [-0.3, -0.25) is 14.4 Å². The molecule has 0 radical (unpaired) electrons. The molecule has 3 aliphatic heterocycles. The molecule has 5 rings (SSSR count). The van der Waals surface area contributed by atoms with Crippen LogP contribution in [-0.4, -0.2) is 91.2 Å². The fourth-order valence-electron chi connectivity index (χ4n) is 6.84. The third kappa shape index (κ3) is 4.41. The average molecular weight is 540 g/mol. The molecule has 210 valence electrons. The maximum atomic E-state index is 14.5. The molecule has 39 heavy (non-hydrogen) atoms. The van der Waals surface area contributed by atoms with Crippen LogP contribution in [0.15, 0.2) is 36.9 Å². The number of rotatable bonds is 12. The molecule has 2 unspecified atom stereocenters. The van der Waals surface area contributed by atoms with Crippen LogP contribution in [-0.2, 0) is 30.5 Å². The SMILES string of the molecule is C=CCN(Cn1nnc2ccccc21)C(=O)C1N(CCCCCO)C(=O)[C@@H]2[C@@H](C(=O)OCC)[C@@]3(C)CCC12O3. The number of nitrogens with zero attached hydrogens (tertiary/aromatic N) is 5. The number of hydrogen-bond donors (Lipinski definition) is 1. The lowest BCUT2D eigenvalue weighted by Gasteiger charge is -2.36. The molecule has 1 aromatic heterocycles. The third-order valence-electron chi connectivity index (χ3n) is 8.49. The number of amides is 2. The topological polar surface area (TPSA) is 127 Å². The van der Waals surface area contributed by atoms with Crippen LogP contribution in [0.25, 0.3) is 11.0 Å². The van der Waals surface area contributed by atoms with Gasteiger partial charge >= 0.3 is 5.97 Å². The highest BCUT2D eigenvalue weighted by Gasteiger charge is 2.78. The molecule has 1 N–H and O–H groups in total. The van der Waals surface area contributed by atoms with Gasteiger partial charge in [0.05, 0.1) is 23.6 Å². The van der Waals surface area contributed by atoms with E-state index in [2.05, 4.69) is 16.9 Å². The van der Waals surface area contributed by atoms with Gasteiger partial charge in [-0.15, -0.1) is 11.7 Å². The zero-order valence-corrected chi connectivity index (χ0v) is 22.6. The van der Waals surface area contributed by atoms with E-state index in [0.29, 0.717) is 44.2 Å². The van der Waals surface area contributed by atoms with Gasteiger partial charge in [-0.2, -0.15) is 0 Å². The van der Waals surface area contributed by atoms with Gasteiger partial charge in [0.25, 0.3) is 0 Å². The minimum Gasteiger partial charge on any atom is -0.466 e. The molecular weight excluding hydrogens is 502 g/mol. The number of carbonyl (C=O) groups excluding carboxylic acids is 3.